The molecule has 0 saturated carbocycles. The number of halogens is 1. The summed E-state index contributed by atoms with van der Waals surface area (Å²) in [6, 6.07) is 20.4. The smallest absolute Gasteiger partial charge is 0.261 e. The molecule has 0 aliphatic heterocycles. The molecular formula is C26H25ClN2O4. The van der Waals surface area contributed by atoms with Gasteiger partial charge in [0.25, 0.3) is 5.56 Å². The van der Waals surface area contributed by atoms with Gasteiger partial charge in [-0.1, -0.05) is 29.8 Å². The van der Waals surface area contributed by atoms with Crippen molar-refractivity contribution in [2.75, 3.05) is 26.9 Å². The highest BCUT2D eigenvalue weighted by Crippen LogP contribution is 2.27. The molecule has 6 nitrogen and oxygen atoms in total. The molecule has 0 unspecified atom stereocenters. The highest BCUT2D eigenvalue weighted by atomic mass is 35.5. The van der Waals surface area contributed by atoms with Crippen molar-refractivity contribution in [2.24, 2.45) is 0 Å². The van der Waals surface area contributed by atoms with Crippen LogP contribution in [0, 0.1) is 6.92 Å². The molecule has 4 rings (SSSR count). The lowest BCUT2D eigenvalue weighted by molar-refractivity contribution is 0.0931. The number of nitrogens with zero attached hydrogens (tertiary/aromatic N) is 2. The Morgan fingerprint density at radius 2 is 1.73 bits per heavy atom. The summed E-state index contributed by atoms with van der Waals surface area (Å²) in [4.78, 5) is 17.9. The quantitative estimate of drug-likeness (QED) is 0.321. The van der Waals surface area contributed by atoms with E-state index in [0.717, 1.165) is 11.1 Å². The molecule has 0 bridgehead atoms. The van der Waals surface area contributed by atoms with Gasteiger partial charge < -0.3 is 14.2 Å². The maximum atomic E-state index is 13.2. The lowest BCUT2D eigenvalue weighted by atomic mass is 10.2. The molecule has 4 aromatic rings. The fourth-order valence-corrected chi connectivity index (χ4v) is 3.68. The van der Waals surface area contributed by atoms with Crippen LogP contribution in [0.1, 0.15) is 5.56 Å². The summed E-state index contributed by atoms with van der Waals surface area (Å²) < 4.78 is 18.5. The van der Waals surface area contributed by atoms with E-state index in [1.165, 1.54) is 0 Å². The largest absolute Gasteiger partial charge is 0.493 e. The van der Waals surface area contributed by atoms with Gasteiger partial charge in [-0.05, 0) is 61.0 Å². The van der Waals surface area contributed by atoms with Crippen molar-refractivity contribution in [2.45, 2.75) is 13.5 Å². The standard InChI is InChI=1S/C26H25ClN2O4/c1-18-7-12-23(24(17-18)31-2)33-16-15-32-14-13-29-25(19-8-10-20(27)11-9-19)28-22-6-4-3-5-21(22)26(29)30/h3-12,17H,13-16H2,1-2H3. The van der Waals surface area contributed by atoms with Crippen LogP contribution in [0.3, 0.4) is 0 Å². The maximum Gasteiger partial charge on any atom is 0.261 e. The van der Waals surface area contributed by atoms with Gasteiger partial charge in [0.15, 0.2) is 11.5 Å². The van der Waals surface area contributed by atoms with Gasteiger partial charge in [-0.2, -0.15) is 0 Å². The SMILES string of the molecule is COc1cc(C)ccc1OCCOCCn1c(-c2ccc(Cl)cc2)nc2ccccc2c1=O. The van der Waals surface area contributed by atoms with Crippen molar-refractivity contribution in [3.63, 3.8) is 0 Å². The second-order valence-electron chi connectivity index (χ2n) is 7.53. The Kier molecular flexibility index (Phi) is 7.27. The molecule has 1 heterocycles. The number of methoxy groups -OCH3 is 1. The molecule has 0 amide bonds. The first-order valence-corrected chi connectivity index (χ1v) is 11.1. The summed E-state index contributed by atoms with van der Waals surface area (Å²) >= 11 is 6.04. The molecule has 33 heavy (non-hydrogen) atoms. The van der Waals surface area contributed by atoms with Crippen LogP contribution < -0.4 is 15.0 Å². The number of ether oxygens (including phenoxy) is 3. The molecular weight excluding hydrogens is 440 g/mol. The van der Waals surface area contributed by atoms with E-state index in [0.29, 0.717) is 59.6 Å². The zero-order valence-electron chi connectivity index (χ0n) is 18.6. The highest BCUT2D eigenvalue weighted by molar-refractivity contribution is 6.30. The molecule has 1 aromatic heterocycles. The molecule has 0 spiro atoms. The Morgan fingerprint density at radius 3 is 2.52 bits per heavy atom. The van der Waals surface area contributed by atoms with Crippen LogP contribution in [0.25, 0.3) is 22.3 Å². The van der Waals surface area contributed by atoms with Gasteiger partial charge in [0, 0.05) is 10.6 Å². The second-order valence-corrected chi connectivity index (χ2v) is 7.97. The average Bonchev–Trinajstić information content (AvgIpc) is 2.83. The van der Waals surface area contributed by atoms with Gasteiger partial charge in [0.2, 0.25) is 0 Å². The number of benzene rings is 3. The summed E-state index contributed by atoms with van der Waals surface area (Å²) in [5.74, 6) is 1.95. The van der Waals surface area contributed by atoms with Gasteiger partial charge in [-0.15, -0.1) is 0 Å². The molecule has 0 fully saturated rings. The van der Waals surface area contributed by atoms with Crippen molar-refractivity contribution in [1.29, 1.82) is 0 Å². The van der Waals surface area contributed by atoms with E-state index in [-0.39, 0.29) is 5.56 Å². The van der Waals surface area contributed by atoms with Crippen LogP contribution in [-0.4, -0.2) is 36.5 Å². The van der Waals surface area contributed by atoms with E-state index in [4.69, 9.17) is 30.8 Å². The minimum atomic E-state index is -0.102. The van der Waals surface area contributed by atoms with Crippen LogP contribution >= 0.6 is 11.6 Å². The van der Waals surface area contributed by atoms with Crippen LogP contribution in [0.15, 0.2) is 71.5 Å². The molecule has 7 heteroatoms. The van der Waals surface area contributed by atoms with Crippen molar-refractivity contribution in [1.82, 2.24) is 9.55 Å². The number of fused-ring (bicyclic) bond motifs is 1. The third-order valence-electron chi connectivity index (χ3n) is 5.23. The zero-order valence-corrected chi connectivity index (χ0v) is 19.3. The Bertz CT molecular complexity index is 1300. The topological polar surface area (TPSA) is 62.6 Å². The predicted octanol–water partition coefficient (Wildman–Crippen LogP) is 5.13. The number of aryl methyl sites for hydroxylation is 1. The molecule has 0 aliphatic rings. The third kappa shape index (κ3) is 5.35. The molecule has 0 radical (unpaired) electrons. The molecule has 170 valence electrons. The Balaban J connectivity index is 1.45. The van der Waals surface area contributed by atoms with Gasteiger partial charge in [-0.25, -0.2) is 4.98 Å². The van der Waals surface area contributed by atoms with E-state index in [1.54, 1.807) is 29.9 Å². The molecule has 0 saturated heterocycles. The van der Waals surface area contributed by atoms with E-state index in [1.807, 2.05) is 55.5 Å². The minimum Gasteiger partial charge on any atom is -0.493 e. The first-order valence-electron chi connectivity index (χ1n) is 10.7. The van der Waals surface area contributed by atoms with Crippen molar-refractivity contribution >= 4 is 22.5 Å². The Hall–Kier alpha value is -3.35. The van der Waals surface area contributed by atoms with Crippen LogP contribution in [0.2, 0.25) is 5.02 Å². The molecule has 0 aliphatic carbocycles. The molecule has 0 atom stereocenters. The van der Waals surface area contributed by atoms with Gasteiger partial charge in [0.05, 0.1) is 37.8 Å². The van der Waals surface area contributed by atoms with Crippen LogP contribution in [-0.2, 0) is 11.3 Å². The second kappa shape index (κ2) is 10.5. The number of aromatic nitrogens is 2. The fraction of sp³-hybridized carbons (Fsp3) is 0.231. The number of hydrogen-bond donors (Lipinski definition) is 0. The Morgan fingerprint density at radius 1 is 0.939 bits per heavy atom. The lowest BCUT2D eigenvalue weighted by Crippen LogP contribution is -2.26. The van der Waals surface area contributed by atoms with Gasteiger partial charge in [-0.3, -0.25) is 9.36 Å². The Labute approximate surface area is 197 Å². The van der Waals surface area contributed by atoms with E-state index in [9.17, 15) is 4.79 Å². The average molecular weight is 465 g/mol. The summed E-state index contributed by atoms with van der Waals surface area (Å²) in [5.41, 5.74) is 2.47. The fourth-order valence-electron chi connectivity index (χ4n) is 3.56. The minimum absolute atomic E-state index is 0.102. The van der Waals surface area contributed by atoms with E-state index in [2.05, 4.69) is 0 Å². The van der Waals surface area contributed by atoms with Crippen molar-refractivity contribution in [3.8, 4) is 22.9 Å². The van der Waals surface area contributed by atoms with Gasteiger partial charge in [0.1, 0.15) is 12.4 Å². The summed E-state index contributed by atoms with van der Waals surface area (Å²) in [5, 5.41) is 1.20. The van der Waals surface area contributed by atoms with Crippen LogP contribution in [0.5, 0.6) is 11.5 Å². The first-order chi connectivity index (χ1) is 16.1. The van der Waals surface area contributed by atoms with E-state index < -0.39 is 0 Å². The third-order valence-corrected chi connectivity index (χ3v) is 5.48. The van der Waals surface area contributed by atoms with Crippen molar-refractivity contribution in [3.05, 3.63) is 87.7 Å². The number of para-hydroxylation sites is 1. The molecule has 3 aromatic carbocycles. The zero-order chi connectivity index (χ0) is 23.2. The summed E-state index contributed by atoms with van der Waals surface area (Å²) in [6.45, 7) is 3.45. The van der Waals surface area contributed by atoms with E-state index >= 15 is 0 Å². The summed E-state index contributed by atoms with van der Waals surface area (Å²) in [7, 11) is 1.62. The summed E-state index contributed by atoms with van der Waals surface area (Å²) in [6.07, 6.45) is 0. The predicted molar refractivity (Wildman–Crippen MR) is 130 cm³/mol. The number of hydrogen-bond acceptors (Lipinski definition) is 5. The highest BCUT2D eigenvalue weighted by Gasteiger charge is 2.13. The number of rotatable bonds is 9. The maximum absolute atomic E-state index is 13.2. The van der Waals surface area contributed by atoms with Crippen molar-refractivity contribution < 1.29 is 14.2 Å². The normalized spacial score (nSPS) is 11.0. The molecule has 0 N–H and O–H groups in total. The van der Waals surface area contributed by atoms with Gasteiger partial charge >= 0.3 is 0 Å². The lowest BCUT2D eigenvalue weighted by Gasteiger charge is -2.15. The first kappa shape index (κ1) is 22.8. The monoisotopic (exact) mass is 464 g/mol. The van der Waals surface area contributed by atoms with Crippen LogP contribution in [0.4, 0.5) is 0 Å².